The predicted molar refractivity (Wildman–Crippen MR) is 181 cm³/mol. The SMILES string of the molecule is CC[C@@H]1C(n2c3ccccc3c3c4ccccc4c4c5ccccc5sc4c32)=Nc2ccccc2C1c1ccccc1. The molecule has 3 heterocycles. The zero-order valence-electron chi connectivity index (χ0n) is 23.3. The van der Waals surface area contributed by atoms with Crippen molar-refractivity contribution in [3.8, 4) is 0 Å². The van der Waals surface area contributed by atoms with Crippen molar-refractivity contribution in [3.63, 3.8) is 0 Å². The molecule has 200 valence electrons. The van der Waals surface area contributed by atoms with E-state index in [9.17, 15) is 0 Å². The molecule has 3 heteroatoms. The second-order valence-corrected chi connectivity index (χ2v) is 12.4. The maximum Gasteiger partial charge on any atom is 0.118 e. The summed E-state index contributed by atoms with van der Waals surface area (Å²) in [6.07, 6.45) is 0.990. The van der Waals surface area contributed by atoms with E-state index in [2.05, 4.69) is 139 Å². The average molecular weight is 557 g/mol. The molecule has 0 saturated heterocycles. The van der Waals surface area contributed by atoms with Crippen LogP contribution < -0.4 is 0 Å². The molecule has 2 nitrogen and oxygen atoms in total. The maximum atomic E-state index is 5.54. The summed E-state index contributed by atoms with van der Waals surface area (Å²) in [6.45, 7) is 2.32. The number of para-hydroxylation sites is 2. The van der Waals surface area contributed by atoms with E-state index in [-0.39, 0.29) is 11.8 Å². The van der Waals surface area contributed by atoms with Crippen molar-refractivity contribution in [3.05, 3.63) is 139 Å². The monoisotopic (exact) mass is 556 g/mol. The second-order valence-electron chi connectivity index (χ2n) is 11.4. The van der Waals surface area contributed by atoms with Gasteiger partial charge in [-0.2, -0.15) is 0 Å². The van der Waals surface area contributed by atoms with Crippen molar-refractivity contribution in [2.75, 3.05) is 0 Å². The fraction of sp³-hybridized carbons (Fsp3) is 0.103. The normalized spacial score (nSPS) is 16.9. The fourth-order valence-electron chi connectivity index (χ4n) is 7.50. The molecular weight excluding hydrogens is 529 g/mol. The van der Waals surface area contributed by atoms with Crippen LogP contribution >= 0.6 is 11.3 Å². The Morgan fingerprint density at radius 1 is 0.643 bits per heavy atom. The summed E-state index contributed by atoms with van der Waals surface area (Å²) >= 11 is 1.92. The molecule has 1 aliphatic rings. The lowest BCUT2D eigenvalue weighted by molar-refractivity contribution is 0.565. The number of aromatic nitrogens is 1. The summed E-state index contributed by atoms with van der Waals surface area (Å²) in [5.41, 5.74) is 6.26. The van der Waals surface area contributed by atoms with Gasteiger partial charge in [0.25, 0.3) is 0 Å². The van der Waals surface area contributed by atoms with Crippen molar-refractivity contribution < 1.29 is 0 Å². The van der Waals surface area contributed by atoms with Crippen molar-refractivity contribution in [1.82, 2.24) is 4.57 Å². The van der Waals surface area contributed by atoms with Gasteiger partial charge in [0.05, 0.1) is 21.4 Å². The van der Waals surface area contributed by atoms with Crippen LogP contribution in [0.5, 0.6) is 0 Å². The van der Waals surface area contributed by atoms with Gasteiger partial charge >= 0.3 is 0 Å². The number of fused-ring (bicyclic) bond motifs is 11. The molecule has 0 bridgehead atoms. The molecule has 0 saturated carbocycles. The first-order valence-corrected chi connectivity index (χ1v) is 15.6. The number of benzene rings is 6. The third-order valence-corrected chi connectivity index (χ3v) is 10.4. The molecule has 1 unspecified atom stereocenters. The molecule has 0 radical (unpaired) electrons. The summed E-state index contributed by atoms with van der Waals surface area (Å²) in [4.78, 5) is 5.54. The third kappa shape index (κ3) is 3.23. The molecule has 1 aliphatic heterocycles. The Morgan fingerprint density at radius 2 is 1.29 bits per heavy atom. The number of hydrogen-bond donors (Lipinski definition) is 0. The standard InChI is InChI=1S/C39H28N2S/c1-2-25-34(24-14-4-3-5-15-24)28-18-8-11-21-31(28)40-39(25)41-32-22-12-9-19-29(32)35-26-16-6-7-17-27(26)36-30-20-10-13-23-33(30)42-38(36)37(35)41/h3-23,25,34H,2H2,1H3/t25-,34?/m0/s1. The Labute approximate surface area is 248 Å². The number of thiophene rings is 1. The molecule has 6 aromatic carbocycles. The Morgan fingerprint density at radius 3 is 2.10 bits per heavy atom. The molecule has 0 spiro atoms. The summed E-state index contributed by atoms with van der Waals surface area (Å²) in [5, 5.41) is 7.93. The van der Waals surface area contributed by atoms with Crippen LogP contribution in [0.2, 0.25) is 0 Å². The van der Waals surface area contributed by atoms with Gasteiger partial charge < -0.3 is 0 Å². The van der Waals surface area contributed by atoms with Crippen LogP contribution in [0.4, 0.5) is 5.69 Å². The van der Waals surface area contributed by atoms with E-state index >= 15 is 0 Å². The van der Waals surface area contributed by atoms with E-state index in [1.807, 2.05) is 11.3 Å². The summed E-state index contributed by atoms with van der Waals surface area (Å²) in [7, 11) is 0. The van der Waals surface area contributed by atoms with Crippen molar-refractivity contribution in [2.24, 2.45) is 10.9 Å². The van der Waals surface area contributed by atoms with Crippen LogP contribution in [-0.4, -0.2) is 10.4 Å². The largest absolute Gasteiger partial charge is 0.295 e. The first kappa shape index (κ1) is 23.9. The summed E-state index contributed by atoms with van der Waals surface area (Å²) in [5.74, 6) is 1.59. The minimum Gasteiger partial charge on any atom is -0.295 e. The van der Waals surface area contributed by atoms with Gasteiger partial charge in [0.15, 0.2) is 0 Å². The molecule has 2 aromatic heterocycles. The summed E-state index contributed by atoms with van der Waals surface area (Å²) < 4.78 is 5.20. The average Bonchev–Trinajstić information content (AvgIpc) is 3.61. The van der Waals surface area contributed by atoms with Gasteiger partial charge in [-0.15, -0.1) is 11.3 Å². The Kier molecular flexibility index (Phi) is 5.20. The van der Waals surface area contributed by atoms with E-state index in [1.165, 1.54) is 63.9 Å². The zero-order chi connectivity index (χ0) is 27.8. The molecule has 2 atom stereocenters. The molecule has 42 heavy (non-hydrogen) atoms. The van der Waals surface area contributed by atoms with Crippen LogP contribution in [0, 0.1) is 5.92 Å². The van der Waals surface area contributed by atoms with Crippen molar-refractivity contribution in [2.45, 2.75) is 19.3 Å². The molecule has 8 aromatic rings. The Bertz CT molecular complexity index is 2360. The minimum absolute atomic E-state index is 0.220. The number of aliphatic imine (C=N–C) groups is 1. The highest BCUT2D eigenvalue weighted by atomic mass is 32.1. The van der Waals surface area contributed by atoms with Gasteiger partial charge in [-0.3, -0.25) is 4.57 Å². The fourth-order valence-corrected chi connectivity index (χ4v) is 8.75. The van der Waals surface area contributed by atoms with Gasteiger partial charge in [-0.1, -0.05) is 116 Å². The molecule has 0 N–H and O–H groups in total. The van der Waals surface area contributed by atoms with Crippen LogP contribution in [-0.2, 0) is 0 Å². The van der Waals surface area contributed by atoms with Gasteiger partial charge in [0.1, 0.15) is 5.84 Å². The predicted octanol–water partition coefficient (Wildman–Crippen LogP) is 11.1. The van der Waals surface area contributed by atoms with Gasteiger partial charge in [-0.25, -0.2) is 4.99 Å². The lowest BCUT2D eigenvalue weighted by Crippen LogP contribution is -2.31. The van der Waals surface area contributed by atoms with Gasteiger partial charge in [0, 0.05) is 38.1 Å². The smallest absolute Gasteiger partial charge is 0.118 e. The Hall–Kier alpha value is -4.73. The topological polar surface area (TPSA) is 17.3 Å². The van der Waals surface area contributed by atoms with Crippen LogP contribution in [0.15, 0.2) is 132 Å². The lowest BCUT2D eigenvalue weighted by atomic mass is 9.76. The number of hydrogen-bond acceptors (Lipinski definition) is 2. The van der Waals surface area contributed by atoms with E-state index in [4.69, 9.17) is 4.99 Å². The lowest BCUT2D eigenvalue weighted by Gasteiger charge is -2.34. The molecule has 0 aliphatic carbocycles. The van der Waals surface area contributed by atoms with E-state index in [0.29, 0.717) is 0 Å². The zero-order valence-corrected chi connectivity index (χ0v) is 24.1. The highest BCUT2D eigenvalue weighted by Crippen LogP contribution is 2.49. The van der Waals surface area contributed by atoms with Crippen molar-refractivity contribution in [1.29, 1.82) is 0 Å². The van der Waals surface area contributed by atoms with E-state index < -0.39 is 0 Å². The second kappa shape index (κ2) is 9.14. The first-order valence-electron chi connectivity index (χ1n) is 14.8. The van der Waals surface area contributed by atoms with Crippen molar-refractivity contribution >= 4 is 75.6 Å². The quantitative estimate of drug-likeness (QED) is 0.201. The highest BCUT2D eigenvalue weighted by Gasteiger charge is 2.36. The van der Waals surface area contributed by atoms with E-state index in [1.54, 1.807) is 0 Å². The van der Waals surface area contributed by atoms with E-state index in [0.717, 1.165) is 17.9 Å². The maximum absolute atomic E-state index is 5.54. The van der Waals surface area contributed by atoms with Gasteiger partial charge in [0.2, 0.25) is 0 Å². The summed E-state index contributed by atoms with van der Waals surface area (Å²) in [6, 6.07) is 46.6. The van der Waals surface area contributed by atoms with Crippen LogP contribution in [0.1, 0.15) is 30.4 Å². The van der Waals surface area contributed by atoms with Crippen LogP contribution in [0.3, 0.4) is 0 Å². The highest BCUT2D eigenvalue weighted by molar-refractivity contribution is 7.27. The molecule has 9 rings (SSSR count). The molecule has 0 amide bonds. The first-order chi connectivity index (χ1) is 20.8. The van der Waals surface area contributed by atoms with Crippen LogP contribution in [0.25, 0.3) is 52.8 Å². The molecule has 0 fully saturated rings. The number of nitrogens with zero attached hydrogens (tertiary/aromatic N) is 2. The minimum atomic E-state index is 0.220. The molecular formula is C39H28N2S. The third-order valence-electron chi connectivity index (χ3n) is 9.22. The van der Waals surface area contributed by atoms with Gasteiger partial charge in [-0.05, 0) is 46.5 Å². The number of rotatable bonds is 2. The Balaban J connectivity index is 1.49.